The molecule has 5 heteroatoms. The first-order chi connectivity index (χ1) is 8.72. The molecule has 18 heavy (non-hydrogen) atoms. The van der Waals surface area contributed by atoms with Crippen LogP contribution in [-0.2, 0) is 6.54 Å². The Hall–Kier alpha value is -1.39. The third-order valence-corrected chi connectivity index (χ3v) is 3.32. The predicted octanol–water partition coefficient (Wildman–Crippen LogP) is 2.65. The fraction of sp³-hybridized carbons (Fsp3) is 0.385. The second-order valence-corrected chi connectivity index (χ2v) is 4.71. The Morgan fingerprint density at radius 3 is 2.89 bits per heavy atom. The van der Waals surface area contributed by atoms with Crippen LogP contribution >= 0.6 is 11.6 Å². The van der Waals surface area contributed by atoms with E-state index in [4.69, 9.17) is 17.3 Å². The molecule has 1 aromatic heterocycles. The molecule has 1 heterocycles. The number of rotatable bonds is 5. The van der Waals surface area contributed by atoms with E-state index in [9.17, 15) is 0 Å². The van der Waals surface area contributed by atoms with Crippen LogP contribution < -0.4 is 5.73 Å². The molecule has 0 fully saturated rings. The summed E-state index contributed by atoms with van der Waals surface area (Å²) in [6.45, 7) is 3.55. The summed E-state index contributed by atoms with van der Waals surface area (Å²) in [7, 11) is 0. The van der Waals surface area contributed by atoms with Crippen LogP contribution in [0.3, 0.4) is 0 Å². The van der Waals surface area contributed by atoms with Gasteiger partial charge in [-0.05, 0) is 44.0 Å². The summed E-state index contributed by atoms with van der Waals surface area (Å²) < 4.78 is 1.92. The van der Waals surface area contributed by atoms with Gasteiger partial charge < -0.3 is 5.73 Å². The Labute approximate surface area is 112 Å². The van der Waals surface area contributed by atoms with E-state index in [2.05, 4.69) is 16.4 Å². The predicted molar refractivity (Wildman–Crippen MR) is 73.5 cm³/mol. The highest BCUT2D eigenvalue weighted by molar-refractivity contribution is 6.31. The molecule has 0 aliphatic heterocycles. The van der Waals surface area contributed by atoms with Crippen molar-refractivity contribution in [3.05, 3.63) is 35.0 Å². The molecule has 0 atom stereocenters. The first-order valence-electron chi connectivity index (χ1n) is 6.07. The maximum Gasteiger partial charge on any atom is 0.0885 e. The molecule has 2 N–H and O–H groups in total. The van der Waals surface area contributed by atoms with Crippen molar-refractivity contribution < 1.29 is 0 Å². The molecule has 0 aliphatic carbocycles. The van der Waals surface area contributed by atoms with Crippen molar-refractivity contribution in [1.29, 1.82) is 0 Å². The maximum absolute atomic E-state index is 6.03. The smallest absolute Gasteiger partial charge is 0.0885 e. The fourth-order valence-electron chi connectivity index (χ4n) is 1.86. The molecular weight excluding hydrogens is 248 g/mol. The standard InChI is InChI=1S/C13H17ClN4/c1-10-8-11(4-5-12(10)14)13-9-16-17-18(13)7-3-2-6-15/h4-5,8-9H,2-3,6-7,15H2,1H3. The molecule has 2 aromatic rings. The van der Waals surface area contributed by atoms with Crippen LogP contribution in [0.5, 0.6) is 0 Å². The number of aromatic nitrogens is 3. The second-order valence-electron chi connectivity index (χ2n) is 4.30. The summed E-state index contributed by atoms with van der Waals surface area (Å²) in [5.41, 5.74) is 8.67. The van der Waals surface area contributed by atoms with Gasteiger partial charge in [-0.3, -0.25) is 0 Å². The molecule has 0 bridgehead atoms. The van der Waals surface area contributed by atoms with Gasteiger partial charge in [0, 0.05) is 17.1 Å². The number of halogens is 1. The van der Waals surface area contributed by atoms with E-state index in [1.54, 1.807) is 6.20 Å². The number of hydrogen-bond donors (Lipinski definition) is 1. The van der Waals surface area contributed by atoms with Gasteiger partial charge in [0.1, 0.15) is 0 Å². The van der Waals surface area contributed by atoms with E-state index in [1.165, 1.54) is 0 Å². The third kappa shape index (κ3) is 2.89. The van der Waals surface area contributed by atoms with Crippen LogP contribution in [0.15, 0.2) is 24.4 Å². The fourth-order valence-corrected chi connectivity index (χ4v) is 1.97. The minimum Gasteiger partial charge on any atom is -0.330 e. The largest absolute Gasteiger partial charge is 0.330 e. The topological polar surface area (TPSA) is 56.7 Å². The van der Waals surface area contributed by atoms with Crippen molar-refractivity contribution in [1.82, 2.24) is 15.0 Å². The van der Waals surface area contributed by atoms with Gasteiger partial charge in [-0.15, -0.1) is 5.10 Å². The minimum absolute atomic E-state index is 0.712. The highest BCUT2D eigenvalue weighted by Crippen LogP contribution is 2.24. The van der Waals surface area contributed by atoms with Gasteiger partial charge in [-0.2, -0.15) is 0 Å². The molecule has 4 nitrogen and oxygen atoms in total. The average Bonchev–Trinajstić information content (AvgIpc) is 2.81. The molecule has 2 rings (SSSR count). The monoisotopic (exact) mass is 264 g/mol. The van der Waals surface area contributed by atoms with Gasteiger partial charge in [0.15, 0.2) is 0 Å². The zero-order chi connectivity index (χ0) is 13.0. The Bertz CT molecular complexity index is 521. The normalized spacial score (nSPS) is 10.8. The van der Waals surface area contributed by atoms with Gasteiger partial charge >= 0.3 is 0 Å². The molecule has 0 unspecified atom stereocenters. The number of aryl methyl sites for hydroxylation is 2. The van der Waals surface area contributed by atoms with E-state index in [0.29, 0.717) is 6.54 Å². The molecule has 0 aliphatic rings. The molecular formula is C13H17ClN4. The lowest BCUT2D eigenvalue weighted by Crippen LogP contribution is -2.06. The molecule has 0 spiro atoms. The molecule has 1 aromatic carbocycles. The Morgan fingerprint density at radius 1 is 1.33 bits per heavy atom. The summed E-state index contributed by atoms with van der Waals surface area (Å²) in [4.78, 5) is 0. The second kappa shape index (κ2) is 5.98. The van der Waals surface area contributed by atoms with Crippen molar-refractivity contribution in [2.45, 2.75) is 26.3 Å². The molecule has 0 amide bonds. The summed E-state index contributed by atoms with van der Waals surface area (Å²) in [6.07, 6.45) is 3.80. The van der Waals surface area contributed by atoms with Crippen molar-refractivity contribution in [2.24, 2.45) is 5.73 Å². The lowest BCUT2D eigenvalue weighted by Gasteiger charge is -2.07. The highest BCUT2D eigenvalue weighted by atomic mass is 35.5. The van der Waals surface area contributed by atoms with E-state index in [1.807, 2.05) is 23.7 Å². The quantitative estimate of drug-likeness (QED) is 0.845. The van der Waals surface area contributed by atoms with E-state index in [0.717, 1.165) is 41.2 Å². The van der Waals surface area contributed by atoms with Gasteiger partial charge in [0.25, 0.3) is 0 Å². The zero-order valence-corrected chi connectivity index (χ0v) is 11.2. The van der Waals surface area contributed by atoms with Crippen molar-refractivity contribution >= 4 is 11.6 Å². The molecule has 0 saturated heterocycles. The number of unbranched alkanes of at least 4 members (excludes halogenated alkanes) is 1. The minimum atomic E-state index is 0.712. The summed E-state index contributed by atoms with van der Waals surface area (Å²) in [5, 5.41) is 8.87. The number of nitrogens with zero attached hydrogens (tertiary/aromatic N) is 3. The molecule has 0 saturated carbocycles. The highest BCUT2D eigenvalue weighted by Gasteiger charge is 2.07. The number of benzene rings is 1. The average molecular weight is 265 g/mol. The van der Waals surface area contributed by atoms with Crippen LogP contribution in [0.1, 0.15) is 18.4 Å². The summed E-state index contributed by atoms with van der Waals surface area (Å²) in [6, 6.07) is 5.96. The Balaban J connectivity index is 2.22. The lowest BCUT2D eigenvalue weighted by molar-refractivity contribution is 0.549. The van der Waals surface area contributed by atoms with Crippen LogP contribution in [0.4, 0.5) is 0 Å². The number of nitrogens with two attached hydrogens (primary N) is 1. The zero-order valence-electron chi connectivity index (χ0n) is 10.4. The summed E-state index contributed by atoms with van der Waals surface area (Å²) >= 11 is 6.03. The van der Waals surface area contributed by atoms with E-state index < -0.39 is 0 Å². The van der Waals surface area contributed by atoms with Gasteiger partial charge in [0.2, 0.25) is 0 Å². The Morgan fingerprint density at radius 2 is 2.17 bits per heavy atom. The van der Waals surface area contributed by atoms with Gasteiger partial charge in [0.05, 0.1) is 11.9 Å². The van der Waals surface area contributed by atoms with E-state index >= 15 is 0 Å². The summed E-state index contributed by atoms with van der Waals surface area (Å²) in [5.74, 6) is 0. The van der Waals surface area contributed by atoms with Gasteiger partial charge in [-0.1, -0.05) is 22.9 Å². The third-order valence-electron chi connectivity index (χ3n) is 2.90. The first kappa shape index (κ1) is 13.1. The first-order valence-corrected chi connectivity index (χ1v) is 6.45. The number of hydrogen-bond acceptors (Lipinski definition) is 3. The van der Waals surface area contributed by atoms with Crippen LogP contribution in [0.2, 0.25) is 5.02 Å². The molecule has 96 valence electrons. The van der Waals surface area contributed by atoms with Gasteiger partial charge in [-0.25, -0.2) is 4.68 Å². The molecule has 0 radical (unpaired) electrons. The van der Waals surface area contributed by atoms with Crippen LogP contribution in [0, 0.1) is 6.92 Å². The maximum atomic E-state index is 6.03. The van der Waals surface area contributed by atoms with E-state index in [-0.39, 0.29) is 0 Å². The SMILES string of the molecule is Cc1cc(-c2cnnn2CCCCN)ccc1Cl. The van der Waals surface area contributed by atoms with Crippen molar-refractivity contribution in [3.63, 3.8) is 0 Å². The van der Waals surface area contributed by atoms with Crippen LogP contribution in [0.25, 0.3) is 11.3 Å². The van der Waals surface area contributed by atoms with Crippen LogP contribution in [-0.4, -0.2) is 21.5 Å². The lowest BCUT2D eigenvalue weighted by atomic mass is 10.1. The van der Waals surface area contributed by atoms with Crippen molar-refractivity contribution in [2.75, 3.05) is 6.54 Å². The Kier molecular flexibility index (Phi) is 4.33. The van der Waals surface area contributed by atoms with Crippen molar-refractivity contribution in [3.8, 4) is 11.3 Å².